The number of hydrogen-bond donors (Lipinski definition) is 4. The molecule has 2 fully saturated rings. The van der Waals surface area contributed by atoms with Crippen LogP contribution in [0.1, 0.15) is 135 Å². The van der Waals surface area contributed by atoms with E-state index in [0.29, 0.717) is 43.6 Å². The Morgan fingerprint density at radius 1 is 0.849 bits per heavy atom. The minimum Gasteiger partial charge on any atom is -0.384 e. The van der Waals surface area contributed by atoms with Gasteiger partial charge in [0.05, 0.1) is 21.7 Å². The molecule has 3 aliphatic heterocycles. The van der Waals surface area contributed by atoms with Crippen molar-refractivity contribution in [3.05, 3.63) is 131 Å². The molecule has 0 spiro atoms. The number of anilines is 3. The Labute approximate surface area is 507 Å². The first-order valence-corrected chi connectivity index (χ1v) is 33.5. The molecule has 4 N–H and O–H groups in total. The van der Waals surface area contributed by atoms with Crippen molar-refractivity contribution in [2.24, 2.45) is 5.41 Å². The monoisotopic (exact) mass is 1240 g/mol. The number of carbonyl (C=O) groups is 5. The van der Waals surface area contributed by atoms with Crippen LogP contribution in [-0.4, -0.2) is 144 Å². The van der Waals surface area contributed by atoms with E-state index in [9.17, 15) is 54.0 Å². The molecule has 0 aromatic heterocycles. The Morgan fingerprint density at radius 3 is 2.27 bits per heavy atom. The summed E-state index contributed by atoms with van der Waals surface area (Å²) in [5.74, 6) is -3.06. The summed E-state index contributed by atoms with van der Waals surface area (Å²) >= 11 is 1.41. The number of piperazine rings is 1. The number of amides is 5. The zero-order valence-electron chi connectivity index (χ0n) is 49.4. The first-order chi connectivity index (χ1) is 40.9. The summed E-state index contributed by atoms with van der Waals surface area (Å²) < 4.78 is 99.5. The number of rotatable bonds is 28. The summed E-state index contributed by atoms with van der Waals surface area (Å²) in [6, 6.07) is 21.3. The highest BCUT2D eigenvalue weighted by atomic mass is 32.2. The second-order valence-electron chi connectivity index (χ2n) is 23.6. The van der Waals surface area contributed by atoms with E-state index in [1.54, 1.807) is 24.3 Å². The van der Waals surface area contributed by atoms with Gasteiger partial charge in [-0.15, -0.1) is 11.8 Å². The molecule has 1 unspecified atom stereocenters. The molecule has 23 heteroatoms. The number of imide groups is 2. The lowest BCUT2D eigenvalue weighted by molar-refractivity contribution is -0.136. The molecule has 17 nitrogen and oxygen atoms in total. The van der Waals surface area contributed by atoms with E-state index in [-0.39, 0.29) is 34.9 Å². The van der Waals surface area contributed by atoms with Gasteiger partial charge in [0, 0.05) is 79.3 Å². The third kappa shape index (κ3) is 16.3. The van der Waals surface area contributed by atoms with Crippen LogP contribution in [0.5, 0.6) is 0 Å². The number of alkyl halides is 3. The molecule has 3 heterocycles. The zero-order valence-corrected chi connectivity index (χ0v) is 51.8. The minimum absolute atomic E-state index is 0.0183. The molecule has 4 aliphatic rings. The Bertz CT molecular complexity index is 3410. The molecule has 2 atom stereocenters. The first kappa shape index (κ1) is 65.4. The highest BCUT2D eigenvalue weighted by Gasteiger charge is 2.49. The predicted molar refractivity (Wildman–Crippen MR) is 330 cm³/mol. The van der Waals surface area contributed by atoms with Crippen LogP contribution in [0.25, 0.3) is 0 Å². The van der Waals surface area contributed by atoms with Gasteiger partial charge in [-0.2, -0.15) is 13.2 Å². The van der Waals surface area contributed by atoms with Gasteiger partial charge in [0.25, 0.3) is 37.6 Å². The number of halogens is 3. The van der Waals surface area contributed by atoms with Crippen LogP contribution >= 0.6 is 11.8 Å². The number of benzene rings is 4. The lowest BCUT2D eigenvalue weighted by atomic mass is 9.72. The van der Waals surface area contributed by atoms with Crippen molar-refractivity contribution in [3.63, 3.8) is 0 Å². The molecule has 0 radical (unpaired) electrons. The van der Waals surface area contributed by atoms with Crippen molar-refractivity contribution in [2.45, 2.75) is 137 Å². The van der Waals surface area contributed by atoms with Gasteiger partial charge in [-0.1, -0.05) is 82.0 Å². The SMILES string of the molecule is C=C(CCCC)C1=C(CN2CCN(c3ccc(C(=O)NS(=O)(=O)c4ccc(N[C@H](CCN(C)CCCCCCNc5cccc6c5C(=O)N(C5CCC(=O)NC5=O)C6=O)CSc5ccccc5)c(S(=O)(=O)C(F)(F)F)c4)cc3)CC2)CCC(C)(C)C1. The Morgan fingerprint density at radius 2 is 1.57 bits per heavy atom. The third-order valence-corrected chi connectivity index (χ3v) is 20.5. The summed E-state index contributed by atoms with van der Waals surface area (Å²) in [7, 11) is -9.14. The average Bonchev–Trinajstić information content (AvgIpc) is 1.50. The second kappa shape index (κ2) is 28.5. The molecule has 4 aromatic rings. The van der Waals surface area contributed by atoms with Gasteiger partial charge < -0.3 is 20.4 Å². The lowest BCUT2D eigenvalue weighted by Gasteiger charge is -2.39. The maximum atomic E-state index is 14.5. The average molecular weight is 1250 g/mol. The largest absolute Gasteiger partial charge is 0.501 e. The molecule has 0 bridgehead atoms. The fourth-order valence-corrected chi connectivity index (χ4v) is 14.4. The molecule has 2 saturated heterocycles. The highest BCUT2D eigenvalue weighted by molar-refractivity contribution is 7.99. The van der Waals surface area contributed by atoms with Gasteiger partial charge in [-0.25, -0.2) is 21.6 Å². The fourth-order valence-electron chi connectivity index (χ4n) is 11.4. The van der Waals surface area contributed by atoms with Crippen LogP contribution < -0.4 is 25.6 Å². The number of sulfone groups is 1. The van der Waals surface area contributed by atoms with Gasteiger partial charge in [0.15, 0.2) is 0 Å². The Balaban J connectivity index is 0.852. The quantitative estimate of drug-likeness (QED) is 0.0236. The molecule has 8 rings (SSSR count). The van der Waals surface area contributed by atoms with Crippen molar-refractivity contribution in [3.8, 4) is 0 Å². The van der Waals surface area contributed by atoms with Crippen LogP contribution in [0.4, 0.5) is 30.2 Å². The van der Waals surface area contributed by atoms with E-state index < -0.39 is 82.5 Å². The van der Waals surface area contributed by atoms with Crippen LogP contribution in [0, 0.1) is 5.41 Å². The van der Waals surface area contributed by atoms with E-state index in [2.05, 4.69) is 58.0 Å². The van der Waals surface area contributed by atoms with Crippen molar-refractivity contribution >= 4 is 78.2 Å². The number of allylic oxidation sites excluding steroid dienone is 2. The molecule has 4 aromatic carbocycles. The molecule has 5 amide bonds. The van der Waals surface area contributed by atoms with Crippen LogP contribution in [0.3, 0.4) is 0 Å². The van der Waals surface area contributed by atoms with Gasteiger partial charge in [-0.3, -0.25) is 39.1 Å². The van der Waals surface area contributed by atoms with Crippen molar-refractivity contribution in [1.29, 1.82) is 0 Å². The number of unbranched alkanes of at least 4 members (excludes halogenated alkanes) is 4. The topological polar surface area (TPSA) is 215 Å². The normalized spacial score (nSPS) is 18.1. The summed E-state index contributed by atoms with van der Waals surface area (Å²) in [6.45, 7) is 17.0. The summed E-state index contributed by atoms with van der Waals surface area (Å²) in [6.07, 6.45) is 10.1. The number of piperidine rings is 1. The maximum absolute atomic E-state index is 14.5. The Kier molecular flexibility index (Phi) is 21.7. The molecular weight excluding hydrogens is 1170 g/mol. The smallest absolute Gasteiger partial charge is 0.384 e. The van der Waals surface area contributed by atoms with Gasteiger partial charge >= 0.3 is 5.51 Å². The van der Waals surface area contributed by atoms with E-state index in [4.69, 9.17) is 0 Å². The van der Waals surface area contributed by atoms with Crippen molar-refractivity contribution < 1.29 is 54.0 Å². The van der Waals surface area contributed by atoms with Crippen LogP contribution in [-0.2, 0) is 29.4 Å². The van der Waals surface area contributed by atoms with Crippen molar-refractivity contribution in [2.75, 3.05) is 80.7 Å². The molecule has 464 valence electrons. The molecule has 1 aliphatic carbocycles. The van der Waals surface area contributed by atoms with Gasteiger partial charge in [0.1, 0.15) is 10.9 Å². The molecule has 86 heavy (non-hydrogen) atoms. The van der Waals surface area contributed by atoms with Crippen LogP contribution in [0.2, 0.25) is 0 Å². The van der Waals surface area contributed by atoms with E-state index in [0.717, 1.165) is 125 Å². The van der Waals surface area contributed by atoms with E-state index in [1.165, 1.54) is 46.7 Å². The molecule has 0 saturated carbocycles. The minimum atomic E-state index is -6.14. The first-order valence-electron chi connectivity index (χ1n) is 29.6. The number of nitrogens with zero attached hydrogens (tertiary/aromatic N) is 4. The standard InChI is InChI=1S/C63H79F3N8O9S3/c1-6-7-16-43(2)51-40-62(3,4)31-29-45(51)41-72-35-37-73(38-36-72)47-23-21-44(22-24-47)58(76)70-86(82,83)49-25-26-52(55(39-49)85(80,81)63(64,65)66)68-46(42-84-48-17-11-10-12-18-48)30-34-71(5)33-14-9-8-13-32-67-53-20-15-19-50-57(53)61(79)74(60(50)78)54-27-28-56(75)69-59(54)77/h10-12,15,17-26,39,46,54,67-68H,2,6-9,13-14,16,27-38,40-42H2,1,3-5H3,(H,70,76)(H,69,75,77)/t46-,54?/m1/s1. The Hall–Kier alpha value is -6.53. The number of fused-ring (bicyclic) bond motifs is 1. The third-order valence-electron chi connectivity index (χ3n) is 16.5. The molecular formula is C63H79F3N8O9S3. The number of hydrogen-bond acceptors (Lipinski definition) is 15. The van der Waals surface area contributed by atoms with Gasteiger partial charge in [0.2, 0.25) is 11.8 Å². The van der Waals surface area contributed by atoms with E-state index in [1.807, 2.05) is 42.1 Å². The zero-order chi connectivity index (χ0) is 62.0. The highest BCUT2D eigenvalue weighted by Crippen LogP contribution is 2.43. The van der Waals surface area contributed by atoms with E-state index >= 15 is 0 Å². The second-order valence-corrected chi connectivity index (χ2v) is 28.2. The predicted octanol–water partition coefficient (Wildman–Crippen LogP) is 10.4. The van der Waals surface area contributed by atoms with Crippen molar-refractivity contribution in [1.82, 2.24) is 24.7 Å². The summed E-state index contributed by atoms with van der Waals surface area (Å²) in [5, 5.41) is 8.47. The lowest BCUT2D eigenvalue weighted by Crippen LogP contribution is -2.54. The summed E-state index contributed by atoms with van der Waals surface area (Å²) in [4.78, 5) is 70.8. The number of carbonyl (C=O) groups excluding carboxylic acids is 5. The fraction of sp³-hybridized carbons (Fsp3) is 0.476. The number of thioether (sulfide) groups is 1. The van der Waals surface area contributed by atoms with Gasteiger partial charge in [-0.05, 0) is 156 Å². The summed E-state index contributed by atoms with van der Waals surface area (Å²) in [5.41, 5.74) is -0.154. The maximum Gasteiger partial charge on any atom is 0.501 e. The van der Waals surface area contributed by atoms with Crippen LogP contribution in [0.15, 0.2) is 129 Å². The number of nitrogens with one attached hydrogen (secondary N) is 4. The number of sulfonamides is 1.